The molecule has 0 aromatic heterocycles. The Morgan fingerprint density at radius 3 is 2.41 bits per heavy atom. The number of carbonyl (C=O) groups is 3. The highest BCUT2D eigenvalue weighted by atomic mass is 19.3. The molecule has 2 aliphatic heterocycles. The van der Waals surface area contributed by atoms with Crippen molar-refractivity contribution in [2.75, 3.05) is 57.8 Å². The summed E-state index contributed by atoms with van der Waals surface area (Å²) in [6, 6.07) is 1.44. The van der Waals surface area contributed by atoms with Crippen LogP contribution in [-0.2, 0) is 9.59 Å². The second-order valence-electron chi connectivity index (χ2n) is 10.1. The quantitative estimate of drug-likeness (QED) is 0.522. The van der Waals surface area contributed by atoms with Crippen molar-refractivity contribution in [3.05, 3.63) is 23.8 Å². The van der Waals surface area contributed by atoms with E-state index in [0.29, 0.717) is 31.9 Å². The Morgan fingerprint density at radius 2 is 1.84 bits per heavy atom. The average Bonchev–Trinajstić information content (AvgIpc) is 3.48. The molecule has 4 amide bonds. The first-order valence-electron chi connectivity index (χ1n) is 12.1. The first-order valence-corrected chi connectivity index (χ1v) is 12.1. The van der Waals surface area contributed by atoms with Crippen molar-refractivity contribution in [2.45, 2.75) is 25.7 Å². The van der Waals surface area contributed by atoms with Crippen LogP contribution in [0.15, 0.2) is 12.1 Å². The van der Waals surface area contributed by atoms with Gasteiger partial charge in [0.1, 0.15) is 0 Å². The Bertz CT molecular complexity index is 1080. The van der Waals surface area contributed by atoms with Crippen molar-refractivity contribution < 1.29 is 36.7 Å². The summed E-state index contributed by atoms with van der Waals surface area (Å²) in [7, 11) is 1.25. The summed E-state index contributed by atoms with van der Waals surface area (Å²) in [5.74, 6) is -7.05. The van der Waals surface area contributed by atoms with Crippen LogP contribution < -0.4 is 20.7 Å². The number of anilines is 1. The SMILES string of the molecule is COc1cc(N2CCN(C(=O)[C@@H](C)C3C[C@@]3(CN3CCC(F)(F)C3)C(=O)NC(N)=O)CC2)cc(F)c1F. The summed E-state index contributed by atoms with van der Waals surface area (Å²) in [6.07, 6.45) is -0.0382. The Balaban J connectivity index is 1.40. The largest absolute Gasteiger partial charge is 0.493 e. The first kappa shape index (κ1) is 27.0. The molecule has 1 aromatic rings. The number of piperazine rings is 1. The molecule has 4 rings (SSSR count). The third-order valence-electron chi connectivity index (χ3n) is 7.73. The topological polar surface area (TPSA) is 108 Å². The van der Waals surface area contributed by atoms with E-state index in [1.807, 2.05) is 4.90 Å². The normalized spacial score (nSPS) is 26.1. The average molecular weight is 530 g/mol. The fourth-order valence-electron chi connectivity index (χ4n) is 5.61. The Labute approximate surface area is 211 Å². The van der Waals surface area contributed by atoms with Crippen LogP contribution in [0.1, 0.15) is 19.8 Å². The highest BCUT2D eigenvalue weighted by molar-refractivity contribution is 5.99. The summed E-state index contributed by atoms with van der Waals surface area (Å²) >= 11 is 0. The fourth-order valence-corrected chi connectivity index (χ4v) is 5.61. The monoisotopic (exact) mass is 529 g/mol. The van der Waals surface area contributed by atoms with Crippen molar-refractivity contribution in [3.63, 3.8) is 0 Å². The molecule has 2 heterocycles. The molecule has 37 heavy (non-hydrogen) atoms. The summed E-state index contributed by atoms with van der Waals surface area (Å²) in [5, 5.41) is 2.07. The van der Waals surface area contributed by atoms with Crippen LogP contribution >= 0.6 is 0 Å². The van der Waals surface area contributed by atoms with Crippen LogP contribution in [0, 0.1) is 28.9 Å². The van der Waals surface area contributed by atoms with Gasteiger partial charge in [0.15, 0.2) is 11.6 Å². The Morgan fingerprint density at radius 1 is 1.16 bits per heavy atom. The molecule has 1 aromatic carbocycles. The lowest BCUT2D eigenvalue weighted by atomic mass is 9.93. The van der Waals surface area contributed by atoms with E-state index in [4.69, 9.17) is 10.5 Å². The van der Waals surface area contributed by atoms with E-state index in [0.717, 1.165) is 6.07 Å². The lowest BCUT2D eigenvalue weighted by Gasteiger charge is -2.37. The molecule has 3 atom stereocenters. The summed E-state index contributed by atoms with van der Waals surface area (Å²) in [6.45, 7) is 2.70. The number of likely N-dealkylation sites (tertiary alicyclic amines) is 1. The van der Waals surface area contributed by atoms with E-state index >= 15 is 0 Å². The molecule has 1 saturated carbocycles. The number of imide groups is 1. The van der Waals surface area contributed by atoms with E-state index in [1.54, 1.807) is 11.8 Å². The van der Waals surface area contributed by atoms with Gasteiger partial charge in [0.05, 0.1) is 19.1 Å². The number of alkyl halides is 2. The second-order valence-corrected chi connectivity index (χ2v) is 10.1. The van der Waals surface area contributed by atoms with Crippen LogP contribution in [0.25, 0.3) is 0 Å². The predicted molar refractivity (Wildman–Crippen MR) is 125 cm³/mol. The fraction of sp³-hybridized carbons (Fsp3) is 0.625. The molecule has 204 valence electrons. The number of benzene rings is 1. The maximum Gasteiger partial charge on any atom is 0.318 e. The van der Waals surface area contributed by atoms with Crippen LogP contribution in [0.4, 0.5) is 28.0 Å². The number of rotatable bonds is 7. The standard InChI is InChI=1S/C24H31F4N5O4/c1-14(16-11-23(16,21(35)30-22(29)36)12-31-4-3-24(27,28)13-31)20(34)33-7-5-32(6-8-33)15-9-17(25)19(26)18(10-15)37-2/h9-10,14,16H,3-8,11-13H2,1-2H3,(H3,29,30,35,36)/t14-,16?,23-/m0/s1. The zero-order chi connectivity index (χ0) is 27.1. The van der Waals surface area contributed by atoms with E-state index in [1.165, 1.54) is 18.1 Å². The van der Waals surface area contributed by atoms with Gasteiger partial charge in [-0.3, -0.25) is 19.8 Å². The van der Waals surface area contributed by atoms with Crippen molar-refractivity contribution in [3.8, 4) is 5.75 Å². The molecule has 3 aliphatic rings. The number of hydrogen-bond donors (Lipinski definition) is 2. The number of ether oxygens (including phenoxy) is 1. The summed E-state index contributed by atoms with van der Waals surface area (Å²) in [5.41, 5.74) is 4.40. The molecule has 0 bridgehead atoms. The molecule has 9 nitrogen and oxygen atoms in total. The minimum absolute atomic E-state index is 0.00965. The van der Waals surface area contributed by atoms with Gasteiger partial charge in [-0.15, -0.1) is 0 Å². The van der Waals surface area contributed by atoms with Crippen molar-refractivity contribution >= 4 is 23.5 Å². The molecule has 0 spiro atoms. The van der Waals surface area contributed by atoms with Crippen LogP contribution in [0.2, 0.25) is 0 Å². The van der Waals surface area contributed by atoms with E-state index < -0.39 is 53.3 Å². The summed E-state index contributed by atoms with van der Waals surface area (Å²) in [4.78, 5) is 42.5. The summed E-state index contributed by atoms with van der Waals surface area (Å²) < 4.78 is 60.1. The Hall–Kier alpha value is -3.09. The predicted octanol–water partition coefficient (Wildman–Crippen LogP) is 1.80. The van der Waals surface area contributed by atoms with Gasteiger partial charge in [0.25, 0.3) is 5.92 Å². The van der Waals surface area contributed by atoms with Crippen LogP contribution in [0.5, 0.6) is 5.75 Å². The van der Waals surface area contributed by atoms with E-state index in [9.17, 15) is 31.9 Å². The van der Waals surface area contributed by atoms with E-state index in [2.05, 4.69) is 5.32 Å². The molecule has 13 heteroatoms. The molecule has 3 N–H and O–H groups in total. The first-order chi connectivity index (χ1) is 17.4. The number of amides is 4. The van der Waals surface area contributed by atoms with Gasteiger partial charge in [-0.2, -0.15) is 4.39 Å². The van der Waals surface area contributed by atoms with Gasteiger partial charge < -0.3 is 20.3 Å². The minimum atomic E-state index is -2.84. The van der Waals surface area contributed by atoms with Crippen LogP contribution in [-0.4, -0.2) is 86.5 Å². The third-order valence-corrected chi connectivity index (χ3v) is 7.73. The lowest BCUT2D eigenvalue weighted by Crippen LogP contribution is -2.51. The van der Waals surface area contributed by atoms with Gasteiger partial charge in [-0.05, 0) is 12.3 Å². The highest BCUT2D eigenvalue weighted by Gasteiger charge is 2.64. The molecule has 2 saturated heterocycles. The number of halogens is 4. The van der Waals surface area contributed by atoms with Crippen molar-refractivity contribution in [2.24, 2.45) is 23.0 Å². The number of nitrogens with one attached hydrogen (secondary N) is 1. The zero-order valence-electron chi connectivity index (χ0n) is 20.7. The molecule has 1 unspecified atom stereocenters. The molecule has 1 aliphatic carbocycles. The van der Waals surface area contributed by atoms with Gasteiger partial charge >= 0.3 is 6.03 Å². The number of nitrogens with two attached hydrogens (primary N) is 1. The number of primary amides is 1. The number of nitrogens with zero attached hydrogens (tertiary/aromatic N) is 3. The minimum Gasteiger partial charge on any atom is -0.493 e. The van der Waals surface area contributed by atoms with Gasteiger partial charge in [-0.25, -0.2) is 18.0 Å². The number of hydrogen-bond acceptors (Lipinski definition) is 6. The van der Waals surface area contributed by atoms with Crippen molar-refractivity contribution in [1.82, 2.24) is 15.1 Å². The van der Waals surface area contributed by atoms with Gasteiger partial charge in [-0.1, -0.05) is 6.92 Å². The Kier molecular flexibility index (Phi) is 7.28. The molecule has 3 fully saturated rings. The van der Waals surface area contributed by atoms with Gasteiger partial charge in [0.2, 0.25) is 17.6 Å². The van der Waals surface area contributed by atoms with E-state index in [-0.39, 0.29) is 37.6 Å². The maximum atomic E-state index is 13.9. The smallest absolute Gasteiger partial charge is 0.318 e. The molecular formula is C24H31F4N5O4. The third kappa shape index (κ3) is 5.46. The maximum absolute atomic E-state index is 13.9. The highest BCUT2D eigenvalue weighted by Crippen LogP contribution is 2.58. The number of carbonyl (C=O) groups excluding carboxylic acids is 3. The zero-order valence-corrected chi connectivity index (χ0v) is 20.7. The second kappa shape index (κ2) is 9.99. The number of methoxy groups -OCH3 is 1. The van der Waals surface area contributed by atoms with Crippen LogP contribution in [0.3, 0.4) is 0 Å². The van der Waals surface area contributed by atoms with Gasteiger partial charge in [0, 0.05) is 69.4 Å². The number of urea groups is 1. The molecular weight excluding hydrogens is 498 g/mol. The van der Waals surface area contributed by atoms with Crippen molar-refractivity contribution in [1.29, 1.82) is 0 Å². The lowest BCUT2D eigenvalue weighted by molar-refractivity contribution is -0.136. The molecule has 0 radical (unpaired) electrons.